The Labute approximate surface area is 106 Å². The molecule has 1 heterocycles. The molecule has 1 aromatic carbocycles. The fraction of sp³-hybridized carbons (Fsp3) is 0.231. The summed E-state index contributed by atoms with van der Waals surface area (Å²) in [5.41, 5.74) is 3.42. The zero-order valence-electron chi connectivity index (χ0n) is 10.4. The van der Waals surface area contributed by atoms with E-state index in [2.05, 4.69) is 15.4 Å². The fourth-order valence-corrected chi connectivity index (χ4v) is 1.53. The van der Waals surface area contributed by atoms with Gasteiger partial charge in [0, 0.05) is 17.8 Å². The maximum atomic E-state index is 5.58. The molecule has 0 aliphatic rings. The summed E-state index contributed by atoms with van der Waals surface area (Å²) in [7, 11) is 0. The third-order valence-corrected chi connectivity index (χ3v) is 2.29. The molecule has 5 nitrogen and oxygen atoms in total. The van der Waals surface area contributed by atoms with Crippen LogP contribution in [0.2, 0.25) is 0 Å². The molecule has 5 heteroatoms. The first kappa shape index (κ1) is 12.3. The smallest absolute Gasteiger partial charge is 0.161 e. The Balaban J connectivity index is 2.22. The first-order valence-corrected chi connectivity index (χ1v) is 5.76. The van der Waals surface area contributed by atoms with E-state index in [1.807, 2.05) is 38.1 Å². The van der Waals surface area contributed by atoms with Crippen molar-refractivity contribution in [1.29, 1.82) is 0 Å². The second-order valence-electron chi connectivity index (χ2n) is 4.10. The predicted octanol–water partition coefficient (Wildman–Crippen LogP) is 2.22. The van der Waals surface area contributed by atoms with Gasteiger partial charge in [0.15, 0.2) is 5.82 Å². The summed E-state index contributed by atoms with van der Waals surface area (Å²) in [6, 6.07) is 9.36. The summed E-state index contributed by atoms with van der Waals surface area (Å²) >= 11 is 0. The van der Waals surface area contributed by atoms with E-state index in [-0.39, 0.29) is 6.10 Å². The minimum atomic E-state index is 0.164. The molecular formula is C13H16N4O. The van der Waals surface area contributed by atoms with Crippen molar-refractivity contribution in [2.24, 2.45) is 5.84 Å². The molecule has 1 aromatic heterocycles. The van der Waals surface area contributed by atoms with Crippen LogP contribution in [-0.4, -0.2) is 16.1 Å². The highest BCUT2D eigenvalue weighted by atomic mass is 16.5. The molecule has 0 aliphatic heterocycles. The van der Waals surface area contributed by atoms with Gasteiger partial charge in [-0.2, -0.15) is 0 Å². The molecule has 2 rings (SSSR count). The molecule has 0 fully saturated rings. The van der Waals surface area contributed by atoms with E-state index in [0.29, 0.717) is 11.6 Å². The summed E-state index contributed by atoms with van der Waals surface area (Å²) in [4.78, 5) is 8.46. The van der Waals surface area contributed by atoms with Gasteiger partial charge in [0.25, 0.3) is 0 Å². The topological polar surface area (TPSA) is 73.1 Å². The Kier molecular flexibility index (Phi) is 3.74. The molecule has 0 aliphatic carbocycles. The standard InChI is InChI=1S/C13H16N4O/c1-9(2)18-11-5-3-10(4-6-11)13-15-8-7-12(16-13)17-14/h3-9H,14H2,1-2H3,(H,15,16,17). The van der Waals surface area contributed by atoms with Crippen molar-refractivity contribution in [3.63, 3.8) is 0 Å². The van der Waals surface area contributed by atoms with Gasteiger partial charge in [-0.1, -0.05) is 0 Å². The van der Waals surface area contributed by atoms with E-state index in [9.17, 15) is 0 Å². The number of nitrogens with one attached hydrogen (secondary N) is 1. The number of nitrogen functional groups attached to an aromatic ring is 1. The Bertz CT molecular complexity index is 511. The molecule has 18 heavy (non-hydrogen) atoms. The number of hydrogen-bond acceptors (Lipinski definition) is 5. The highest BCUT2D eigenvalue weighted by Gasteiger charge is 2.03. The van der Waals surface area contributed by atoms with Crippen LogP contribution in [0.4, 0.5) is 5.82 Å². The Hall–Kier alpha value is -2.14. The lowest BCUT2D eigenvalue weighted by molar-refractivity contribution is 0.242. The van der Waals surface area contributed by atoms with Gasteiger partial charge in [0.05, 0.1) is 6.10 Å². The molecule has 2 aromatic rings. The number of benzene rings is 1. The van der Waals surface area contributed by atoms with Crippen molar-refractivity contribution >= 4 is 5.82 Å². The van der Waals surface area contributed by atoms with Gasteiger partial charge in [-0.3, -0.25) is 0 Å². The SMILES string of the molecule is CC(C)Oc1ccc(-c2nccc(NN)n2)cc1. The average molecular weight is 244 g/mol. The number of aromatic nitrogens is 2. The molecule has 0 atom stereocenters. The summed E-state index contributed by atoms with van der Waals surface area (Å²) in [6.07, 6.45) is 1.83. The Morgan fingerprint density at radius 1 is 1.17 bits per heavy atom. The second-order valence-corrected chi connectivity index (χ2v) is 4.10. The molecule has 0 unspecified atom stereocenters. The van der Waals surface area contributed by atoms with Crippen molar-refractivity contribution in [2.45, 2.75) is 20.0 Å². The van der Waals surface area contributed by atoms with Gasteiger partial charge in [0.1, 0.15) is 11.6 Å². The molecule has 3 N–H and O–H groups in total. The number of hydrogen-bond donors (Lipinski definition) is 2. The van der Waals surface area contributed by atoms with Crippen molar-refractivity contribution in [2.75, 3.05) is 5.43 Å². The molecule has 0 amide bonds. The minimum Gasteiger partial charge on any atom is -0.491 e. The minimum absolute atomic E-state index is 0.164. The molecule has 0 spiro atoms. The summed E-state index contributed by atoms with van der Waals surface area (Å²) in [5, 5.41) is 0. The molecule has 0 saturated heterocycles. The number of rotatable bonds is 4. The Morgan fingerprint density at radius 2 is 1.89 bits per heavy atom. The second kappa shape index (κ2) is 5.46. The van der Waals surface area contributed by atoms with Crippen LogP contribution >= 0.6 is 0 Å². The molecular weight excluding hydrogens is 228 g/mol. The van der Waals surface area contributed by atoms with Gasteiger partial charge in [-0.25, -0.2) is 15.8 Å². The van der Waals surface area contributed by atoms with Crippen LogP contribution in [0, 0.1) is 0 Å². The molecule has 0 radical (unpaired) electrons. The van der Waals surface area contributed by atoms with E-state index in [4.69, 9.17) is 10.6 Å². The van der Waals surface area contributed by atoms with Gasteiger partial charge in [0.2, 0.25) is 0 Å². The summed E-state index contributed by atoms with van der Waals surface area (Å²) in [5.74, 6) is 7.36. The fourth-order valence-electron chi connectivity index (χ4n) is 1.53. The first-order valence-electron chi connectivity index (χ1n) is 5.76. The largest absolute Gasteiger partial charge is 0.491 e. The summed E-state index contributed by atoms with van der Waals surface area (Å²) < 4.78 is 5.58. The molecule has 0 saturated carbocycles. The Morgan fingerprint density at radius 3 is 2.50 bits per heavy atom. The van der Waals surface area contributed by atoms with E-state index in [1.165, 1.54) is 0 Å². The lowest BCUT2D eigenvalue weighted by Gasteiger charge is -2.09. The van der Waals surface area contributed by atoms with Crippen molar-refractivity contribution in [3.8, 4) is 17.1 Å². The van der Waals surface area contributed by atoms with Crippen LogP contribution in [0.5, 0.6) is 5.75 Å². The quantitative estimate of drug-likeness (QED) is 0.637. The number of anilines is 1. The number of hydrazine groups is 1. The number of nitrogens with two attached hydrogens (primary N) is 1. The van der Waals surface area contributed by atoms with Gasteiger partial charge in [-0.15, -0.1) is 0 Å². The maximum Gasteiger partial charge on any atom is 0.161 e. The van der Waals surface area contributed by atoms with Crippen LogP contribution in [0.1, 0.15) is 13.8 Å². The zero-order chi connectivity index (χ0) is 13.0. The van der Waals surface area contributed by atoms with Crippen LogP contribution in [0.15, 0.2) is 36.5 Å². The normalized spacial score (nSPS) is 10.4. The average Bonchev–Trinajstić information content (AvgIpc) is 2.39. The van der Waals surface area contributed by atoms with Crippen LogP contribution in [0.25, 0.3) is 11.4 Å². The van der Waals surface area contributed by atoms with Gasteiger partial charge in [-0.05, 0) is 38.1 Å². The first-order chi connectivity index (χ1) is 8.69. The van der Waals surface area contributed by atoms with Crippen molar-refractivity contribution in [1.82, 2.24) is 9.97 Å². The molecule has 94 valence electrons. The van der Waals surface area contributed by atoms with E-state index >= 15 is 0 Å². The van der Waals surface area contributed by atoms with Crippen LogP contribution in [0.3, 0.4) is 0 Å². The lowest BCUT2D eigenvalue weighted by atomic mass is 10.2. The highest BCUT2D eigenvalue weighted by molar-refractivity contribution is 5.57. The van der Waals surface area contributed by atoms with E-state index < -0.39 is 0 Å². The van der Waals surface area contributed by atoms with Gasteiger partial charge < -0.3 is 10.2 Å². The van der Waals surface area contributed by atoms with Crippen LogP contribution < -0.4 is 16.0 Å². The summed E-state index contributed by atoms with van der Waals surface area (Å²) in [6.45, 7) is 3.99. The molecule has 0 bridgehead atoms. The van der Waals surface area contributed by atoms with Crippen LogP contribution in [-0.2, 0) is 0 Å². The van der Waals surface area contributed by atoms with Crippen molar-refractivity contribution < 1.29 is 4.74 Å². The third-order valence-electron chi connectivity index (χ3n) is 2.29. The van der Waals surface area contributed by atoms with Gasteiger partial charge >= 0.3 is 0 Å². The number of ether oxygens (including phenoxy) is 1. The highest BCUT2D eigenvalue weighted by Crippen LogP contribution is 2.20. The van der Waals surface area contributed by atoms with Crippen molar-refractivity contribution in [3.05, 3.63) is 36.5 Å². The monoisotopic (exact) mass is 244 g/mol. The third kappa shape index (κ3) is 2.95. The van der Waals surface area contributed by atoms with E-state index in [1.54, 1.807) is 12.3 Å². The van der Waals surface area contributed by atoms with E-state index in [0.717, 1.165) is 11.3 Å². The number of nitrogens with zero attached hydrogens (tertiary/aromatic N) is 2. The lowest BCUT2D eigenvalue weighted by Crippen LogP contribution is -2.09. The maximum absolute atomic E-state index is 5.58. The predicted molar refractivity (Wildman–Crippen MR) is 71.0 cm³/mol. The zero-order valence-corrected chi connectivity index (χ0v) is 10.4.